The van der Waals surface area contributed by atoms with Crippen LogP contribution in [0.1, 0.15) is 68.7 Å². The summed E-state index contributed by atoms with van der Waals surface area (Å²) < 4.78 is 5.42. The average Bonchev–Trinajstić information content (AvgIpc) is 2.34. The van der Waals surface area contributed by atoms with Gasteiger partial charge in [-0.05, 0) is 38.6 Å². The van der Waals surface area contributed by atoms with Crippen molar-refractivity contribution in [1.82, 2.24) is 5.32 Å². The van der Waals surface area contributed by atoms with Gasteiger partial charge >= 0.3 is 0 Å². The Bertz CT molecular complexity index is 203. The highest BCUT2D eigenvalue weighted by Gasteiger charge is 2.15. The molecule has 0 aromatic rings. The summed E-state index contributed by atoms with van der Waals surface area (Å²) in [5.74, 6) is 1.61. The van der Waals surface area contributed by atoms with Crippen molar-refractivity contribution in [2.75, 3.05) is 26.3 Å². The molecule has 0 amide bonds. The van der Waals surface area contributed by atoms with Gasteiger partial charge in [0.25, 0.3) is 0 Å². The van der Waals surface area contributed by atoms with Crippen LogP contribution < -0.4 is 11.1 Å². The van der Waals surface area contributed by atoms with Crippen molar-refractivity contribution in [3.05, 3.63) is 0 Å². The average molecular weight is 321 g/mol. The Morgan fingerprint density at radius 1 is 1.05 bits per heavy atom. The summed E-state index contributed by atoms with van der Waals surface area (Å²) in [4.78, 5) is 0. The van der Waals surface area contributed by atoms with Gasteiger partial charge in [0.2, 0.25) is 0 Å². The summed E-state index contributed by atoms with van der Waals surface area (Å²) in [5, 5.41) is 12.1. The maximum absolute atomic E-state index is 8.86. The standard InChI is InChI=1S/C9H21NO2.C5H13N.C4H10/c1-8(2)10-5-6-12-9(3,4)7-11;1-5(2)3-4-6;1-4(2)3/h8,10-11H,5-7H2,1-4H3;5H,3-4,6H2,1-2H3;4H,1-3H3. The first-order chi connectivity index (χ1) is 9.98. The molecule has 138 valence electrons. The fraction of sp³-hybridized carbons (Fsp3) is 1.00. The van der Waals surface area contributed by atoms with Crippen molar-refractivity contribution in [2.45, 2.75) is 80.4 Å². The lowest BCUT2D eigenvalue weighted by Crippen LogP contribution is -2.34. The summed E-state index contributed by atoms with van der Waals surface area (Å²) >= 11 is 0. The van der Waals surface area contributed by atoms with E-state index in [1.807, 2.05) is 13.8 Å². The molecule has 0 bridgehead atoms. The zero-order valence-electron chi connectivity index (χ0n) is 16.7. The minimum Gasteiger partial charge on any atom is -0.393 e. The van der Waals surface area contributed by atoms with E-state index in [1.54, 1.807) is 0 Å². The zero-order chi connectivity index (χ0) is 18.2. The van der Waals surface area contributed by atoms with E-state index in [0.717, 1.165) is 31.3 Å². The second-order valence-corrected chi connectivity index (χ2v) is 7.58. The van der Waals surface area contributed by atoms with E-state index in [2.05, 4.69) is 53.8 Å². The molecule has 0 radical (unpaired) electrons. The molecule has 0 aromatic carbocycles. The summed E-state index contributed by atoms with van der Waals surface area (Å²) in [6.45, 7) is 21.2. The summed E-state index contributed by atoms with van der Waals surface area (Å²) in [6.07, 6.45) is 1.15. The van der Waals surface area contributed by atoms with Crippen LogP contribution >= 0.6 is 0 Å². The lowest BCUT2D eigenvalue weighted by Gasteiger charge is -2.22. The molecule has 4 nitrogen and oxygen atoms in total. The number of hydrogen-bond donors (Lipinski definition) is 3. The van der Waals surface area contributed by atoms with Gasteiger partial charge in [-0.15, -0.1) is 0 Å². The number of hydrogen-bond acceptors (Lipinski definition) is 4. The molecule has 0 aliphatic rings. The highest BCUT2D eigenvalue weighted by molar-refractivity contribution is 4.66. The molecule has 22 heavy (non-hydrogen) atoms. The molecule has 4 heteroatoms. The molecule has 0 unspecified atom stereocenters. The van der Waals surface area contributed by atoms with Crippen LogP contribution in [0.2, 0.25) is 0 Å². The third kappa shape index (κ3) is 36.8. The van der Waals surface area contributed by atoms with Gasteiger partial charge in [0.15, 0.2) is 0 Å². The fourth-order valence-corrected chi connectivity index (χ4v) is 1.05. The molecule has 0 fully saturated rings. The minimum absolute atomic E-state index is 0.0642. The molecular formula is C18H44N2O2. The Labute approximate surface area is 140 Å². The highest BCUT2D eigenvalue weighted by Crippen LogP contribution is 2.05. The third-order valence-corrected chi connectivity index (χ3v) is 2.27. The predicted octanol–water partition coefficient (Wildman–Crippen LogP) is 3.43. The highest BCUT2D eigenvalue weighted by atomic mass is 16.5. The van der Waals surface area contributed by atoms with Gasteiger partial charge in [-0.3, -0.25) is 0 Å². The van der Waals surface area contributed by atoms with Crippen LogP contribution in [0.4, 0.5) is 0 Å². The van der Waals surface area contributed by atoms with E-state index in [1.165, 1.54) is 0 Å². The van der Waals surface area contributed by atoms with Gasteiger partial charge in [0, 0.05) is 12.6 Å². The van der Waals surface area contributed by atoms with Crippen molar-refractivity contribution in [3.8, 4) is 0 Å². The van der Waals surface area contributed by atoms with Gasteiger partial charge in [-0.1, -0.05) is 48.5 Å². The van der Waals surface area contributed by atoms with Crippen molar-refractivity contribution >= 4 is 0 Å². The molecule has 0 spiro atoms. The lowest BCUT2D eigenvalue weighted by atomic mass is 10.1. The second kappa shape index (κ2) is 17.2. The Balaban J connectivity index is -0.000000300. The molecule has 0 aromatic heterocycles. The van der Waals surface area contributed by atoms with E-state index >= 15 is 0 Å². The van der Waals surface area contributed by atoms with Crippen LogP contribution in [0.25, 0.3) is 0 Å². The normalized spacial score (nSPS) is 11.2. The Morgan fingerprint density at radius 3 is 1.73 bits per heavy atom. The molecule has 0 heterocycles. The molecule has 0 rings (SSSR count). The van der Waals surface area contributed by atoms with Crippen LogP contribution in [0.15, 0.2) is 0 Å². The number of nitrogens with two attached hydrogens (primary N) is 1. The van der Waals surface area contributed by atoms with Gasteiger partial charge in [-0.2, -0.15) is 0 Å². The first-order valence-corrected chi connectivity index (χ1v) is 8.66. The fourth-order valence-electron chi connectivity index (χ4n) is 1.05. The summed E-state index contributed by atoms with van der Waals surface area (Å²) in [7, 11) is 0. The van der Waals surface area contributed by atoms with Crippen LogP contribution in [-0.4, -0.2) is 43.1 Å². The number of aliphatic hydroxyl groups excluding tert-OH is 1. The Hall–Kier alpha value is -0.160. The monoisotopic (exact) mass is 320 g/mol. The molecule has 4 N–H and O–H groups in total. The number of nitrogens with one attached hydrogen (secondary N) is 1. The largest absolute Gasteiger partial charge is 0.393 e. The first-order valence-electron chi connectivity index (χ1n) is 8.66. The van der Waals surface area contributed by atoms with Crippen LogP contribution in [-0.2, 0) is 4.74 Å². The molecule has 0 saturated carbocycles. The van der Waals surface area contributed by atoms with E-state index < -0.39 is 5.60 Å². The Kier molecular flexibility index (Phi) is 20.9. The lowest BCUT2D eigenvalue weighted by molar-refractivity contribution is -0.0521. The van der Waals surface area contributed by atoms with Crippen LogP contribution in [0, 0.1) is 11.8 Å². The topological polar surface area (TPSA) is 67.5 Å². The van der Waals surface area contributed by atoms with Crippen molar-refractivity contribution in [2.24, 2.45) is 17.6 Å². The molecular weight excluding hydrogens is 276 g/mol. The summed E-state index contributed by atoms with van der Waals surface area (Å²) in [5.41, 5.74) is 4.83. The zero-order valence-corrected chi connectivity index (χ0v) is 16.7. The third-order valence-electron chi connectivity index (χ3n) is 2.27. The predicted molar refractivity (Wildman–Crippen MR) is 99.3 cm³/mol. The Morgan fingerprint density at radius 2 is 1.50 bits per heavy atom. The maximum atomic E-state index is 8.86. The first kappa shape index (κ1) is 26.7. The van der Waals surface area contributed by atoms with Crippen molar-refractivity contribution in [3.63, 3.8) is 0 Å². The molecule has 0 saturated heterocycles. The SMILES string of the molecule is CC(C)C.CC(C)CCN.CC(C)NCCOC(C)(C)CO. The van der Waals surface area contributed by atoms with Crippen LogP contribution in [0.5, 0.6) is 0 Å². The molecule has 0 aliphatic heterocycles. The maximum Gasteiger partial charge on any atom is 0.0856 e. The van der Waals surface area contributed by atoms with Crippen molar-refractivity contribution < 1.29 is 9.84 Å². The quantitative estimate of drug-likeness (QED) is 0.599. The van der Waals surface area contributed by atoms with E-state index in [9.17, 15) is 0 Å². The molecule has 0 atom stereocenters. The molecule has 0 aliphatic carbocycles. The van der Waals surface area contributed by atoms with E-state index in [0.29, 0.717) is 12.6 Å². The van der Waals surface area contributed by atoms with Gasteiger partial charge in [0.05, 0.1) is 18.8 Å². The van der Waals surface area contributed by atoms with E-state index in [4.69, 9.17) is 15.6 Å². The number of ether oxygens (including phenoxy) is 1. The second-order valence-electron chi connectivity index (χ2n) is 7.58. The van der Waals surface area contributed by atoms with E-state index in [-0.39, 0.29) is 6.61 Å². The van der Waals surface area contributed by atoms with Crippen molar-refractivity contribution in [1.29, 1.82) is 0 Å². The summed E-state index contributed by atoms with van der Waals surface area (Å²) in [6, 6.07) is 0.492. The van der Waals surface area contributed by atoms with Gasteiger partial charge < -0.3 is 20.9 Å². The van der Waals surface area contributed by atoms with Crippen LogP contribution in [0.3, 0.4) is 0 Å². The number of aliphatic hydroxyl groups is 1. The van der Waals surface area contributed by atoms with Gasteiger partial charge in [-0.25, -0.2) is 0 Å². The number of rotatable bonds is 8. The van der Waals surface area contributed by atoms with Gasteiger partial charge in [0.1, 0.15) is 0 Å². The smallest absolute Gasteiger partial charge is 0.0856 e. The minimum atomic E-state index is -0.404.